The van der Waals surface area contributed by atoms with Gasteiger partial charge in [-0.25, -0.2) is 9.69 Å². The fourth-order valence-electron chi connectivity index (χ4n) is 7.57. The van der Waals surface area contributed by atoms with Crippen molar-refractivity contribution >= 4 is 18.0 Å². The molecule has 7 heteroatoms. The van der Waals surface area contributed by atoms with Gasteiger partial charge in [-0.05, 0) is 61.9 Å². The first-order valence-electron chi connectivity index (χ1n) is 18.8. The van der Waals surface area contributed by atoms with E-state index in [0.29, 0.717) is 13.0 Å². The van der Waals surface area contributed by atoms with Gasteiger partial charge >= 0.3 is 12.1 Å². The molecular formula is C47H50N2O5. The average molecular weight is 723 g/mol. The first kappa shape index (κ1) is 38.2. The molecule has 5 aromatic rings. The lowest BCUT2D eigenvalue weighted by molar-refractivity contribution is -0.165. The molecule has 1 fully saturated rings. The minimum absolute atomic E-state index is 0.108. The Balaban J connectivity index is 1.51. The lowest BCUT2D eigenvalue weighted by Crippen LogP contribution is -2.45. The highest BCUT2D eigenvalue weighted by Crippen LogP contribution is 2.46. The Bertz CT molecular complexity index is 1950. The molecule has 0 aliphatic carbocycles. The van der Waals surface area contributed by atoms with Crippen LogP contribution in [0, 0.1) is 5.92 Å². The molecule has 0 spiro atoms. The minimum Gasteiger partial charge on any atom is -0.460 e. The van der Waals surface area contributed by atoms with Crippen LogP contribution < -0.4 is 0 Å². The van der Waals surface area contributed by atoms with Crippen LogP contribution in [0.1, 0.15) is 79.9 Å². The maximum absolute atomic E-state index is 15.1. The molecule has 0 radical (unpaired) electrons. The third-order valence-electron chi connectivity index (χ3n) is 10.1. The lowest BCUT2D eigenvalue weighted by atomic mass is 9.75. The molecule has 1 aliphatic heterocycles. The van der Waals surface area contributed by atoms with Crippen LogP contribution >= 0.6 is 0 Å². The number of esters is 1. The molecule has 0 aromatic heterocycles. The molecule has 0 unspecified atom stereocenters. The third kappa shape index (κ3) is 9.52. The van der Waals surface area contributed by atoms with Gasteiger partial charge in [-0.1, -0.05) is 152 Å². The Labute approximate surface area is 319 Å². The topological polar surface area (TPSA) is 76.2 Å². The van der Waals surface area contributed by atoms with E-state index in [9.17, 15) is 9.59 Å². The van der Waals surface area contributed by atoms with E-state index in [1.54, 1.807) is 0 Å². The zero-order chi connectivity index (χ0) is 38.1. The summed E-state index contributed by atoms with van der Waals surface area (Å²) in [5, 5.41) is 0. The van der Waals surface area contributed by atoms with Gasteiger partial charge in [-0.2, -0.15) is 0 Å². The van der Waals surface area contributed by atoms with Gasteiger partial charge in [-0.3, -0.25) is 14.5 Å². The number of hydrogen-bond donors (Lipinski definition) is 0. The normalized spacial score (nSPS) is 16.6. The second kappa shape index (κ2) is 17.5. The van der Waals surface area contributed by atoms with Gasteiger partial charge in [0.15, 0.2) is 0 Å². The Morgan fingerprint density at radius 2 is 1.20 bits per heavy atom. The second-order valence-corrected chi connectivity index (χ2v) is 15.1. The first-order valence-corrected chi connectivity index (χ1v) is 18.8. The molecule has 2 amide bonds. The van der Waals surface area contributed by atoms with Crippen molar-refractivity contribution in [3.8, 4) is 0 Å². The monoisotopic (exact) mass is 722 g/mol. The summed E-state index contributed by atoms with van der Waals surface area (Å²) < 4.78 is 11.8. The molecule has 1 saturated heterocycles. The molecule has 6 rings (SSSR count). The standard InChI is InChI=1S/C47H50N2O5/c1-34(37-24-14-7-15-25-37)48(32-36-22-12-6-13-23-36)44(39-28-18-9-19-29-39)43(45(51)54-47(2,3)4)41(38-26-16-8-17-27-38)31-42(50)49-40(33-53-46(49)52)30-35-20-10-5-11-21-35/h5-29,34,40-41,43-44H,30-33H2,1-4H3/t34-,40-,41-,43-,44-/m0/s1. The van der Waals surface area contributed by atoms with E-state index < -0.39 is 47.5 Å². The van der Waals surface area contributed by atoms with Gasteiger partial charge in [0.2, 0.25) is 5.91 Å². The van der Waals surface area contributed by atoms with Crippen LogP contribution in [-0.2, 0) is 32.0 Å². The van der Waals surface area contributed by atoms with Gasteiger partial charge in [0.25, 0.3) is 0 Å². The van der Waals surface area contributed by atoms with E-state index in [0.717, 1.165) is 27.8 Å². The molecule has 54 heavy (non-hydrogen) atoms. The fourth-order valence-corrected chi connectivity index (χ4v) is 7.57. The maximum atomic E-state index is 15.1. The van der Waals surface area contributed by atoms with Crippen molar-refractivity contribution in [1.29, 1.82) is 0 Å². The van der Waals surface area contributed by atoms with E-state index >= 15 is 4.79 Å². The van der Waals surface area contributed by atoms with Crippen molar-refractivity contribution in [2.24, 2.45) is 5.92 Å². The first-order chi connectivity index (χ1) is 26.1. The number of amides is 2. The van der Waals surface area contributed by atoms with Gasteiger partial charge in [0.05, 0.1) is 12.0 Å². The van der Waals surface area contributed by atoms with Crippen LogP contribution in [0.4, 0.5) is 4.79 Å². The van der Waals surface area contributed by atoms with Gasteiger partial charge in [-0.15, -0.1) is 0 Å². The smallest absolute Gasteiger partial charge is 0.416 e. The third-order valence-corrected chi connectivity index (χ3v) is 10.1. The van der Waals surface area contributed by atoms with E-state index in [-0.39, 0.29) is 19.1 Å². The Hall–Kier alpha value is -5.53. The minimum atomic E-state index is -0.876. The SMILES string of the molecule is C[C@@H](c1ccccc1)N(Cc1ccccc1)[C@@H](c1ccccc1)[C@@H](C(=O)OC(C)(C)C)[C@@H](CC(=O)N1C(=O)OC[C@@H]1Cc1ccccc1)c1ccccc1. The largest absolute Gasteiger partial charge is 0.460 e. The molecule has 0 saturated carbocycles. The van der Waals surface area contributed by atoms with Crippen LogP contribution in [0.15, 0.2) is 152 Å². The summed E-state index contributed by atoms with van der Waals surface area (Å²) in [4.78, 5) is 46.7. The quantitative estimate of drug-likeness (QED) is 0.106. The lowest BCUT2D eigenvalue weighted by Gasteiger charge is -2.43. The second-order valence-electron chi connectivity index (χ2n) is 15.1. The summed E-state index contributed by atoms with van der Waals surface area (Å²) >= 11 is 0. The number of imide groups is 1. The number of cyclic esters (lactones) is 1. The van der Waals surface area contributed by atoms with Gasteiger partial charge in [0.1, 0.15) is 12.2 Å². The van der Waals surface area contributed by atoms with Crippen molar-refractivity contribution in [2.75, 3.05) is 6.61 Å². The number of nitrogens with zero attached hydrogens (tertiary/aromatic N) is 2. The molecule has 5 aromatic carbocycles. The van der Waals surface area contributed by atoms with Crippen molar-refractivity contribution < 1.29 is 23.9 Å². The van der Waals surface area contributed by atoms with Crippen LogP contribution in [-0.4, -0.2) is 46.0 Å². The molecule has 1 heterocycles. The Kier molecular flexibility index (Phi) is 12.4. The highest BCUT2D eigenvalue weighted by atomic mass is 16.6. The van der Waals surface area contributed by atoms with Crippen molar-refractivity contribution in [1.82, 2.24) is 9.80 Å². The van der Waals surface area contributed by atoms with Gasteiger partial charge in [0, 0.05) is 31.0 Å². The van der Waals surface area contributed by atoms with Crippen molar-refractivity contribution in [3.63, 3.8) is 0 Å². The van der Waals surface area contributed by atoms with E-state index in [1.807, 2.05) is 136 Å². The molecular weight excluding hydrogens is 673 g/mol. The molecule has 0 N–H and O–H groups in total. The van der Waals surface area contributed by atoms with Crippen LogP contribution in [0.25, 0.3) is 0 Å². The molecule has 278 valence electrons. The summed E-state index contributed by atoms with van der Waals surface area (Å²) in [5.41, 5.74) is 4.09. The number of hydrogen-bond acceptors (Lipinski definition) is 6. The molecule has 0 bridgehead atoms. The predicted octanol–water partition coefficient (Wildman–Crippen LogP) is 9.71. The fraction of sp³-hybridized carbons (Fsp3) is 0.298. The van der Waals surface area contributed by atoms with Crippen molar-refractivity contribution in [3.05, 3.63) is 179 Å². The predicted molar refractivity (Wildman–Crippen MR) is 211 cm³/mol. The van der Waals surface area contributed by atoms with E-state index in [2.05, 4.69) is 48.2 Å². The average Bonchev–Trinajstić information content (AvgIpc) is 3.55. The summed E-state index contributed by atoms with van der Waals surface area (Å²) in [6, 6.07) is 48.9. The molecule has 1 aliphatic rings. The van der Waals surface area contributed by atoms with Gasteiger partial charge < -0.3 is 9.47 Å². The van der Waals surface area contributed by atoms with E-state index in [1.165, 1.54) is 4.90 Å². The number of benzene rings is 5. The highest BCUT2D eigenvalue weighted by molar-refractivity contribution is 5.94. The summed E-state index contributed by atoms with van der Waals surface area (Å²) in [6.45, 7) is 8.39. The maximum Gasteiger partial charge on any atom is 0.416 e. The number of rotatable bonds is 14. The van der Waals surface area contributed by atoms with Crippen LogP contribution in [0.2, 0.25) is 0 Å². The molecule has 5 atom stereocenters. The Morgan fingerprint density at radius 3 is 1.74 bits per heavy atom. The summed E-state index contributed by atoms with van der Waals surface area (Å²) in [5.74, 6) is -2.36. The number of carbonyl (C=O) groups excluding carboxylic acids is 3. The van der Waals surface area contributed by atoms with E-state index in [4.69, 9.17) is 9.47 Å². The van der Waals surface area contributed by atoms with Crippen LogP contribution in [0.3, 0.4) is 0 Å². The Morgan fingerprint density at radius 1 is 0.722 bits per heavy atom. The van der Waals surface area contributed by atoms with Crippen molar-refractivity contribution in [2.45, 2.75) is 76.7 Å². The number of ether oxygens (including phenoxy) is 2. The summed E-state index contributed by atoms with van der Waals surface area (Å²) in [7, 11) is 0. The number of carbonyl (C=O) groups is 3. The highest BCUT2D eigenvalue weighted by Gasteiger charge is 2.47. The van der Waals surface area contributed by atoms with Crippen LogP contribution in [0.5, 0.6) is 0 Å². The molecule has 7 nitrogen and oxygen atoms in total. The summed E-state index contributed by atoms with van der Waals surface area (Å²) in [6.07, 6.45) is -0.309. The zero-order valence-corrected chi connectivity index (χ0v) is 31.6. The zero-order valence-electron chi connectivity index (χ0n) is 31.6.